The maximum atomic E-state index is 12.9. The largest absolute Gasteiger partial charge is 0.416 e. The number of benzene rings is 1. The summed E-state index contributed by atoms with van der Waals surface area (Å²) in [5.41, 5.74) is -0.897. The van der Waals surface area contributed by atoms with Crippen molar-refractivity contribution in [2.75, 3.05) is 18.0 Å². The van der Waals surface area contributed by atoms with Crippen LogP contribution in [0.2, 0.25) is 5.02 Å². The van der Waals surface area contributed by atoms with Gasteiger partial charge in [-0.2, -0.15) is 13.2 Å². The Morgan fingerprint density at radius 1 is 1.42 bits per heavy atom. The lowest BCUT2D eigenvalue weighted by molar-refractivity contribution is -0.137. The number of nitrogens with zero attached hydrogens (tertiary/aromatic N) is 1. The van der Waals surface area contributed by atoms with E-state index in [1.165, 1.54) is 0 Å². The molecule has 4 nitrogen and oxygen atoms in total. The average Bonchev–Trinajstić information content (AvgIpc) is 2.88. The number of amides is 2. The minimum Gasteiger partial charge on any atom is -0.356 e. The minimum atomic E-state index is -4.53. The molecule has 24 heavy (non-hydrogen) atoms. The predicted molar refractivity (Wildman–Crippen MR) is 84.8 cm³/mol. The standard InChI is InChI=1S/C16H18ClF3N2O2/c1-2-3-6-21-15(24)10-7-14(23)22(9-10)13-8-11(16(18,19)20)4-5-12(13)17/h4-5,8,10H,2-3,6-7,9H2,1H3,(H,21,24). The van der Waals surface area contributed by atoms with Crippen molar-refractivity contribution in [3.8, 4) is 0 Å². The molecule has 1 fully saturated rings. The van der Waals surface area contributed by atoms with Gasteiger partial charge in [0.1, 0.15) is 0 Å². The molecule has 0 bridgehead atoms. The van der Waals surface area contributed by atoms with Crippen LogP contribution in [0.3, 0.4) is 0 Å². The van der Waals surface area contributed by atoms with Gasteiger partial charge in [-0.05, 0) is 24.6 Å². The summed E-state index contributed by atoms with van der Waals surface area (Å²) in [6.07, 6.45) is -2.81. The second-order valence-corrected chi connectivity index (χ2v) is 6.12. The Hall–Kier alpha value is -1.76. The molecule has 0 radical (unpaired) electrons. The molecule has 132 valence electrons. The first-order valence-electron chi connectivity index (χ1n) is 7.69. The molecule has 0 aromatic heterocycles. The number of carbonyl (C=O) groups excluding carboxylic acids is 2. The van der Waals surface area contributed by atoms with Gasteiger partial charge in [-0.1, -0.05) is 24.9 Å². The van der Waals surface area contributed by atoms with E-state index in [2.05, 4.69) is 5.32 Å². The molecule has 2 amide bonds. The van der Waals surface area contributed by atoms with Crippen molar-refractivity contribution in [3.05, 3.63) is 28.8 Å². The van der Waals surface area contributed by atoms with Gasteiger partial charge in [0.2, 0.25) is 11.8 Å². The zero-order chi connectivity index (χ0) is 17.9. The monoisotopic (exact) mass is 362 g/mol. The molecule has 1 unspecified atom stereocenters. The Morgan fingerprint density at radius 2 is 2.12 bits per heavy atom. The van der Waals surface area contributed by atoms with Crippen LogP contribution in [0, 0.1) is 5.92 Å². The summed E-state index contributed by atoms with van der Waals surface area (Å²) in [4.78, 5) is 25.3. The number of carbonyl (C=O) groups is 2. The summed E-state index contributed by atoms with van der Waals surface area (Å²) in [7, 11) is 0. The van der Waals surface area contributed by atoms with Crippen molar-refractivity contribution in [1.82, 2.24) is 5.32 Å². The van der Waals surface area contributed by atoms with Gasteiger partial charge < -0.3 is 10.2 Å². The van der Waals surface area contributed by atoms with Crippen molar-refractivity contribution in [2.24, 2.45) is 5.92 Å². The Labute approximate surface area is 143 Å². The topological polar surface area (TPSA) is 49.4 Å². The maximum Gasteiger partial charge on any atom is 0.416 e. The Balaban J connectivity index is 2.15. The second-order valence-electron chi connectivity index (χ2n) is 5.71. The number of alkyl halides is 3. The highest BCUT2D eigenvalue weighted by atomic mass is 35.5. The van der Waals surface area contributed by atoms with E-state index in [-0.39, 0.29) is 29.6 Å². The molecule has 1 saturated heterocycles. The van der Waals surface area contributed by atoms with Crippen molar-refractivity contribution >= 4 is 29.1 Å². The van der Waals surface area contributed by atoms with Crippen LogP contribution < -0.4 is 10.2 Å². The van der Waals surface area contributed by atoms with Crippen molar-refractivity contribution in [1.29, 1.82) is 0 Å². The van der Waals surface area contributed by atoms with E-state index in [1.54, 1.807) is 0 Å². The Morgan fingerprint density at radius 3 is 2.75 bits per heavy atom. The first-order valence-corrected chi connectivity index (χ1v) is 8.06. The predicted octanol–water partition coefficient (Wildman–Crippen LogP) is 3.63. The highest BCUT2D eigenvalue weighted by Crippen LogP contribution is 2.37. The molecule has 2 rings (SSSR count). The van der Waals surface area contributed by atoms with Crippen molar-refractivity contribution < 1.29 is 22.8 Å². The average molecular weight is 363 g/mol. The lowest BCUT2D eigenvalue weighted by Crippen LogP contribution is -2.33. The molecule has 0 saturated carbocycles. The molecular weight excluding hydrogens is 345 g/mol. The lowest BCUT2D eigenvalue weighted by atomic mass is 10.1. The van der Waals surface area contributed by atoms with Gasteiger partial charge in [0.25, 0.3) is 0 Å². The summed E-state index contributed by atoms with van der Waals surface area (Å²) in [6.45, 7) is 2.53. The Kier molecular flexibility index (Phi) is 5.74. The summed E-state index contributed by atoms with van der Waals surface area (Å²) >= 11 is 5.96. The lowest BCUT2D eigenvalue weighted by Gasteiger charge is -2.20. The number of halogens is 4. The number of unbranched alkanes of at least 4 members (excludes halogenated alkanes) is 1. The molecule has 1 N–H and O–H groups in total. The molecule has 1 aliphatic rings. The van der Waals surface area contributed by atoms with E-state index in [0.717, 1.165) is 35.9 Å². The zero-order valence-corrected chi connectivity index (χ0v) is 13.9. The fraction of sp³-hybridized carbons (Fsp3) is 0.500. The molecule has 1 aliphatic heterocycles. The van der Waals surface area contributed by atoms with E-state index >= 15 is 0 Å². The summed E-state index contributed by atoms with van der Waals surface area (Å²) in [5, 5.41) is 2.78. The normalized spacial score (nSPS) is 18.1. The van der Waals surface area contributed by atoms with Crippen LogP contribution in [0.25, 0.3) is 0 Å². The highest BCUT2D eigenvalue weighted by molar-refractivity contribution is 6.34. The molecule has 1 aromatic rings. The highest BCUT2D eigenvalue weighted by Gasteiger charge is 2.37. The van der Waals surface area contributed by atoms with E-state index < -0.39 is 23.6 Å². The number of hydrogen-bond acceptors (Lipinski definition) is 2. The van der Waals surface area contributed by atoms with Crippen LogP contribution >= 0.6 is 11.6 Å². The smallest absolute Gasteiger partial charge is 0.356 e. The first kappa shape index (κ1) is 18.6. The Bertz CT molecular complexity index is 634. The van der Waals surface area contributed by atoms with Crippen molar-refractivity contribution in [3.63, 3.8) is 0 Å². The molecular formula is C16H18ClF3N2O2. The molecule has 1 atom stereocenters. The fourth-order valence-electron chi connectivity index (χ4n) is 2.54. The van der Waals surface area contributed by atoms with Crippen LogP contribution in [0.5, 0.6) is 0 Å². The van der Waals surface area contributed by atoms with Gasteiger partial charge in [-0.3, -0.25) is 9.59 Å². The zero-order valence-electron chi connectivity index (χ0n) is 13.1. The fourth-order valence-corrected chi connectivity index (χ4v) is 2.76. The summed E-state index contributed by atoms with van der Waals surface area (Å²) in [6, 6.07) is 2.82. The number of hydrogen-bond donors (Lipinski definition) is 1. The van der Waals surface area contributed by atoms with Crippen LogP contribution in [0.1, 0.15) is 31.7 Å². The summed E-state index contributed by atoms with van der Waals surface area (Å²) < 4.78 is 38.6. The molecule has 1 aromatic carbocycles. The van der Waals surface area contributed by atoms with Crippen LogP contribution in [-0.2, 0) is 15.8 Å². The van der Waals surface area contributed by atoms with Gasteiger partial charge >= 0.3 is 6.18 Å². The second kappa shape index (κ2) is 7.42. The third-order valence-electron chi connectivity index (χ3n) is 3.89. The van der Waals surface area contributed by atoms with E-state index in [9.17, 15) is 22.8 Å². The van der Waals surface area contributed by atoms with Crippen LogP contribution in [0.4, 0.5) is 18.9 Å². The summed E-state index contributed by atoms with van der Waals surface area (Å²) in [5.74, 6) is -1.26. The van der Waals surface area contributed by atoms with E-state index in [1.807, 2.05) is 6.92 Å². The minimum absolute atomic E-state index is 0.0136. The van der Waals surface area contributed by atoms with Gasteiger partial charge in [0.05, 0.1) is 22.2 Å². The van der Waals surface area contributed by atoms with Crippen molar-refractivity contribution in [2.45, 2.75) is 32.4 Å². The maximum absolute atomic E-state index is 12.9. The van der Waals surface area contributed by atoms with Gasteiger partial charge in [0.15, 0.2) is 0 Å². The van der Waals surface area contributed by atoms with Gasteiger partial charge in [-0.15, -0.1) is 0 Å². The van der Waals surface area contributed by atoms with E-state index in [4.69, 9.17) is 11.6 Å². The first-order chi connectivity index (χ1) is 11.2. The number of rotatable bonds is 5. The van der Waals surface area contributed by atoms with Gasteiger partial charge in [-0.25, -0.2) is 0 Å². The van der Waals surface area contributed by atoms with Crippen LogP contribution in [-0.4, -0.2) is 24.9 Å². The molecule has 0 spiro atoms. The van der Waals surface area contributed by atoms with E-state index in [0.29, 0.717) is 6.54 Å². The number of nitrogens with one attached hydrogen (secondary N) is 1. The third kappa shape index (κ3) is 4.20. The third-order valence-corrected chi connectivity index (χ3v) is 4.21. The molecule has 1 heterocycles. The molecule has 8 heteroatoms. The molecule has 0 aliphatic carbocycles. The SMILES string of the molecule is CCCCNC(=O)C1CC(=O)N(c2cc(C(F)(F)F)ccc2Cl)C1. The number of anilines is 1. The quantitative estimate of drug-likeness (QED) is 0.813. The van der Waals surface area contributed by atoms with Crippen LogP contribution in [0.15, 0.2) is 18.2 Å². The van der Waals surface area contributed by atoms with Gasteiger partial charge in [0, 0.05) is 19.5 Å².